The number of rotatable bonds is 4. The molecule has 6 heteroatoms. The monoisotopic (exact) mass is 377 g/mol. The van der Waals surface area contributed by atoms with Gasteiger partial charge in [0.15, 0.2) is 0 Å². The highest BCUT2D eigenvalue weighted by Crippen LogP contribution is 2.45. The second-order valence-electron chi connectivity index (χ2n) is 5.08. The van der Waals surface area contributed by atoms with Gasteiger partial charge in [0.1, 0.15) is 17.7 Å². The molecule has 1 heterocycles. The van der Waals surface area contributed by atoms with Crippen molar-refractivity contribution in [2.24, 2.45) is 0 Å². The van der Waals surface area contributed by atoms with Crippen molar-refractivity contribution in [1.29, 1.82) is 0 Å². The van der Waals surface area contributed by atoms with Crippen LogP contribution in [0.1, 0.15) is 10.9 Å². The van der Waals surface area contributed by atoms with E-state index < -0.39 is 0 Å². The molecule has 3 nitrogen and oxygen atoms in total. The quantitative estimate of drug-likeness (QED) is 0.717. The molecule has 1 aliphatic heterocycles. The average molecular weight is 378 g/mol. The van der Waals surface area contributed by atoms with E-state index in [0.717, 1.165) is 11.3 Å². The maximum atomic E-state index is 12.4. The molecule has 2 aromatic carbocycles. The Hall–Kier alpha value is -1.80. The lowest BCUT2D eigenvalue weighted by atomic mass is 10.1. The number of amides is 1. The van der Waals surface area contributed by atoms with Crippen LogP contribution in [-0.2, 0) is 4.79 Å². The molecule has 3 rings (SSSR count). The number of carbonyl (C=O) groups excluding carboxylic acids is 1. The van der Waals surface area contributed by atoms with Crippen molar-refractivity contribution in [3.63, 3.8) is 0 Å². The Morgan fingerprint density at radius 1 is 1.21 bits per heavy atom. The molecule has 2 aromatic rings. The number of carbonyl (C=O) groups is 1. The predicted molar refractivity (Wildman–Crippen MR) is 99.9 cm³/mol. The minimum Gasteiger partial charge on any atom is -0.481 e. The molecule has 1 saturated heterocycles. The van der Waals surface area contributed by atoms with Crippen LogP contribution in [0.15, 0.2) is 42.5 Å². The maximum absolute atomic E-state index is 12.4. The standard InChI is InChI=1S/C18H13Cl2NO2S/c1-2-9-23-16-8-5-13(20)10-15(16)18-21(17(22)11-24-18)14-6-3-12(19)4-7-14/h1,3-8,10,18H,9,11H2/t18-/m1/s1. The highest BCUT2D eigenvalue weighted by atomic mass is 35.5. The lowest BCUT2D eigenvalue weighted by Crippen LogP contribution is -2.28. The zero-order valence-electron chi connectivity index (χ0n) is 12.5. The van der Waals surface area contributed by atoms with E-state index in [9.17, 15) is 4.79 Å². The molecule has 24 heavy (non-hydrogen) atoms. The Labute approximate surface area is 154 Å². The number of thioether (sulfide) groups is 1. The van der Waals surface area contributed by atoms with Crippen LogP contribution in [-0.4, -0.2) is 18.3 Å². The number of hydrogen-bond donors (Lipinski definition) is 0. The van der Waals surface area contributed by atoms with E-state index in [1.54, 1.807) is 29.2 Å². The van der Waals surface area contributed by atoms with Crippen molar-refractivity contribution < 1.29 is 9.53 Å². The third kappa shape index (κ3) is 3.49. The van der Waals surface area contributed by atoms with Crippen LogP contribution in [0.4, 0.5) is 5.69 Å². The van der Waals surface area contributed by atoms with Gasteiger partial charge in [-0.25, -0.2) is 0 Å². The fraction of sp³-hybridized carbons (Fsp3) is 0.167. The summed E-state index contributed by atoms with van der Waals surface area (Å²) in [7, 11) is 0. The number of nitrogens with zero attached hydrogens (tertiary/aromatic N) is 1. The summed E-state index contributed by atoms with van der Waals surface area (Å²) < 4.78 is 5.63. The number of terminal acetylenes is 1. The summed E-state index contributed by atoms with van der Waals surface area (Å²) in [6, 6.07) is 12.5. The Kier molecular flexibility index (Phi) is 5.25. The summed E-state index contributed by atoms with van der Waals surface area (Å²) in [5, 5.41) is 0.967. The van der Waals surface area contributed by atoms with Gasteiger partial charge in [0, 0.05) is 21.3 Å². The molecule has 1 fully saturated rings. The topological polar surface area (TPSA) is 29.5 Å². The van der Waals surface area contributed by atoms with Crippen molar-refractivity contribution in [1.82, 2.24) is 0 Å². The van der Waals surface area contributed by atoms with Gasteiger partial charge in [-0.1, -0.05) is 29.1 Å². The van der Waals surface area contributed by atoms with Gasteiger partial charge in [-0.3, -0.25) is 9.69 Å². The molecule has 0 aliphatic carbocycles. The summed E-state index contributed by atoms with van der Waals surface area (Å²) in [4.78, 5) is 14.2. The molecule has 0 bridgehead atoms. The fourth-order valence-electron chi connectivity index (χ4n) is 2.50. The second kappa shape index (κ2) is 7.40. The third-order valence-corrected chi connectivity index (χ3v) is 5.20. The van der Waals surface area contributed by atoms with E-state index in [-0.39, 0.29) is 17.9 Å². The molecular weight excluding hydrogens is 365 g/mol. The average Bonchev–Trinajstić information content (AvgIpc) is 2.96. The van der Waals surface area contributed by atoms with Crippen LogP contribution in [0.25, 0.3) is 0 Å². The Morgan fingerprint density at radius 2 is 1.92 bits per heavy atom. The van der Waals surface area contributed by atoms with E-state index in [0.29, 0.717) is 21.5 Å². The number of anilines is 1. The van der Waals surface area contributed by atoms with Crippen LogP contribution < -0.4 is 9.64 Å². The third-order valence-electron chi connectivity index (χ3n) is 3.52. The van der Waals surface area contributed by atoms with Crippen molar-refractivity contribution in [3.8, 4) is 18.1 Å². The largest absolute Gasteiger partial charge is 0.481 e. The van der Waals surface area contributed by atoms with Gasteiger partial charge in [0.05, 0.1) is 5.75 Å². The second-order valence-corrected chi connectivity index (χ2v) is 7.02. The molecule has 1 aliphatic rings. The van der Waals surface area contributed by atoms with E-state index in [2.05, 4.69) is 5.92 Å². The van der Waals surface area contributed by atoms with Crippen LogP contribution >= 0.6 is 35.0 Å². The van der Waals surface area contributed by atoms with E-state index in [1.807, 2.05) is 18.2 Å². The first-order chi connectivity index (χ1) is 11.6. The van der Waals surface area contributed by atoms with E-state index in [1.165, 1.54) is 11.8 Å². The number of benzene rings is 2. The number of ether oxygens (including phenoxy) is 1. The van der Waals surface area contributed by atoms with Crippen molar-refractivity contribution >= 4 is 46.6 Å². The lowest BCUT2D eigenvalue weighted by molar-refractivity contribution is -0.115. The van der Waals surface area contributed by atoms with Gasteiger partial charge in [-0.15, -0.1) is 18.2 Å². The summed E-state index contributed by atoms with van der Waals surface area (Å²) >= 11 is 13.6. The fourth-order valence-corrected chi connectivity index (χ4v) is 4.00. The molecule has 0 aromatic heterocycles. The molecule has 0 saturated carbocycles. The molecular formula is C18H13Cl2NO2S. The van der Waals surface area contributed by atoms with Gasteiger partial charge in [-0.05, 0) is 42.5 Å². The first kappa shape index (κ1) is 17.0. The number of halogens is 2. The van der Waals surface area contributed by atoms with E-state index >= 15 is 0 Å². The Bertz CT molecular complexity index is 802. The predicted octanol–water partition coefficient (Wildman–Crippen LogP) is 4.78. The van der Waals surface area contributed by atoms with Gasteiger partial charge >= 0.3 is 0 Å². The van der Waals surface area contributed by atoms with Gasteiger partial charge in [0.25, 0.3) is 0 Å². The van der Waals surface area contributed by atoms with E-state index in [4.69, 9.17) is 34.4 Å². The molecule has 122 valence electrons. The molecule has 0 radical (unpaired) electrons. The first-order valence-electron chi connectivity index (χ1n) is 7.15. The van der Waals surface area contributed by atoms with Crippen LogP contribution in [0.3, 0.4) is 0 Å². The maximum Gasteiger partial charge on any atom is 0.238 e. The SMILES string of the molecule is C#CCOc1ccc(Cl)cc1[C@H]1SCC(=O)N1c1ccc(Cl)cc1. The van der Waals surface area contributed by atoms with Crippen LogP contribution in [0.5, 0.6) is 5.75 Å². The zero-order chi connectivity index (χ0) is 17.1. The smallest absolute Gasteiger partial charge is 0.238 e. The molecule has 0 N–H and O–H groups in total. The molecule has 1 atom stereocenters. The zero-order valence-corrected chi connectivity index (χ0v) is 14.9. The Morgan fingerprint density at radius 3 is 2.62 bits per heavy atom. The van der Waals surface area contributed by atoms with Crippen molar-refractivity contribution in [2.75, 3.05) is 17.3 Å². The minimum atomic E-state index is -0.231. The summed E-state index contributed by atoms with van der Waals surface area (Å²) in [5.74, 6) is 3.48. The molecule has 0 unspecified atom stereocenters. The number of hydrogen-bond acceptors (Lipinski definition) is 3. The minimum absolute atomic E-state index is 0.0233. The summed E-state index contributed by atoms with van der Waals surface area (Å²) in [6.45, 7) is 0.154. The summed E-state index contributed by atoms with van der Waals surface area (Å²) in [6.07, 6.45) is 5.28. The highest BCUT2D eigenvalue weighted by Gasteiger charge is 2.35. The first-order valence-corrected chi connectivity index (χ1v) is 8.95. The molecule has 0 spiro atoms. The van der Waals surface area contributed by atoms with Gasteiger partial charge in [0.2, 0.25) is 5.91 Å². The van der Waals surface area contributed by atoms with Gasteiger partial charge < -0.3 is 4.74 Å². The van der Waals surface area contributed by atoms with Crippen LogP contribution in [0.2, 0.25) is 10.0 Å². The normalized spacial score (nSPS) is 17.0. The van der Waals surface area contributed by atoms with Crippen molar-refractivity contribution in [2.45, 2.75) is 5.37 Å². The van der Waals surface area contributed by atoms with Crippen LogP contribution in [0, 0.1) is 12.3 Å². The highest BCUT2D eigenvalue weighted by molar-refractivity contribution is 8.00. The molecule has 1 amide bonds. The Balaban J connectivity index is 2.01. The van der Waals surface area contributed by atoms with Crippen molar-refractivity contribution in [3.05, 3.63) is 58.1 Å². The lowest BCUT2D eigenvalue weighted by Gasteiger charge is -2.26. The summed E-state index contributed by atoms with van der Waals surface area (Å²) in [5.41, 5.74) is 1.60. The van der Waals surface area contributed by atoms with Gasteiger partial charge in [-0.2, -0.15) is 0 Å².